The van der Waals surface area contributed by atoms with Crippen LogP contribution in [-0.2, 0) is 29.1 Å². The van der Waals surface area contributed by atoms with E-state index in [0.717, 1.165) is 16.7 Å². The van der Waals surface area contributed by atoms with Crippen molar-refractivity contribution in [1.29, 1.82) is 0 Å². The summed E-state index contributed by atoms with van der Waals surface area (Å²) in [4.78, 5) is 36.9. The van der Waals surface area contributed by atoms with Gasteiger partial charge >= 0.3 is 6.09 Å². The highest BCUT2D eigenvalue weighted by Crippen LogP contribution is 2.07. The molecule has 0 aliphatic carbocycles. The van der Waals surface area contributed by atoms with Gasteiger partial charge in [0.25, 0.3) is 5.91 Å². The normalized spacial score (nSPS) is 11.2. The van der Waals surface area contributed by atoms with Crippen LogP contribution >= 0.6 is 0 Å². The zero-order chi connectivity index (χ0) is 23.5. The summed E-state index contributed by atoms with van der Waals surface area (Å²) >= 11 is 0. The Bertz CT molecular complexity index is 1050. The second-order valence-corrected chi connectivity index (χ2v) is 7.44. The molecule has 3 amide bonds. The second kappa shape index (κ2) is 12.0. The van der Waals surface area contributed by atoms with E-state index in [9.17, 15) is 14.4 Å². The van der Waals surface area contributed by atoms with Crippen LogP contribution in [0.3, 0.4) is 0 Å². The predicted octanol–water partition coefficient (Wildman–Crippen LogP) is 3.20. The van der Waals surface area contributed by atoms with Crippen LogP contribution < -0.4 is 16.0 Å². The molecule has 0 aliphatic heterocycles. The summed E-state index contributed by atoms with van der Waals surface area (Å²) in [6.07, 6.45) is -0.340. The molecule has 0 radical (unpaired) electrons. The Morgan fingerprint density at radius 1 is 0.788 bits per heavy atom. The van der Waals surface area contributed by atoms with Crippen LogP contribution in [0, 0.1) is 0 Å². The van der Waals surface area contributed by atoms with E-state index in [1.54, 1.807) is 31.3 Å². The fourth-order valence-corrected chi connectivity index (χ4v) is 3.20. The molecule has 3 N–H and O–H groups in total. The van der Waals surface area contributed by atoms with E-state index >= 15 is 0 Å². The number of hydrogen-bond acceptors (Lipinski definition) is 4. The minimum atomic E-state index is -0.805. The van der Waals surface area contributed by atoms with E-state index in [1.165, 1.54) is 0 Å². The summed E-state index contributed by atoms with van der Waals surface area (Å²) in [7, 11) is 1.57. The van der Waals surface area contributed by atoms with Crippen molar-refractivity contribution < 1.29 is 19.1 Å². The van der Waals surface area contributed by atoms with Crippen molar-refractivity contribution >= 4 is 17.9 Å². The predicted molar refractivity (Wildman–Crippen MR) is 125 cm³/mol. The molecule has 3 rings (SSSR count). The zero-order valence-corrected chi connectivity index (χ0v) is 18.4. The minimum absolute atomic E-state index is 0.115. The van der Waals surface area contributed by atoms with Crippen LogP contribution in [-0.4, -0.2) is 31.0 Å². The van der Waals surface area contributed by atoms with Gasteiger partial charge in [0.1, 0.15) is 12.6 Å². The molecule has 0 heterocycles. The summed E-state index contributed by atoms with van der Waals surface area (Å²) in [5.74, 6) is -0.502. The summed E-state index contributed by atoms with van der Waals surface area (Å²) in [6, 6.07) is 24.9. The molecule has 3 aromatic carbocycles. The van der Waals surface area contributed by atoms with Crippen molar-refractivity contribution in [2.75, 3.05) is 7.05 Å². The lowest BCUT2D eigenvalue weighted by atomic mass is 10.1. The van der Waals surface area contributed by atoms with Gasteiger partial charge in [-0.05, 0) is 28.8 Å². The molecule has 0 saturated carbocycles. The number of nitrogens with one attached hydrogen (secondary N) is 3. The van der Waals surface area contributed by atoms with Crippen LogP contribution in [0.2, 0.25) is 0 Å². The number of rotatable bonds is 9. The van der Waals surface area contributed by atoms with Crippen LogP contribution in [0.5, 0.6) is 0 Å². The highest BCUT2D eigenvalue weighted by Gasteiger charge is 2.22. The molecule has 7 heteroatoms. The maximum Gasteiger partial charge on any atom is 0.408 e. The number of alkyl carbamates (subject to hydrolysis) is 1. The van der Waals surface area contributed by atoms with E-state index in [1.807, 2.05) is 60.7 Å². The van der Waals surface area contributed by atoms with Gasteiger partial charge < -0.3 is 20.7 Å². The van der Waals surface area contributed by atoms with Crippen molar-refractivity contribution in [3.05, 3.63) is 107 Å². The van der Waals surface area contributed by atoms with Crippen LogP contribution in [0.15, 0.2) is 84.9 Å². The Kier molecular flexibility index (Phi) is 8.59. The third kappa shape index (κ3) is 7.50. The molecule has 1 atom stereocenters. The van der Waals surface area contributed by atoms with Gasteiger partial charge in [0.05, 0.1) is 0 Å². The smallest absolute Gasteiger partial charge is 0.408 e. The lowest BCUT2D eigenvalue weighted by molar-refractivity contribution is -0.123. The highest BCUT2D eigenvalue weighted by molar-refractivity contribution is 5.94. The molecular weight excluding hydrogens is 418 g/mol. The van der Waals surface area contributed by atoms with Gasteiger partial charge in [0.15, 0.2) is 0 Å². The van der Waals surface area contributed by atoms with E-state index in [2.05, 4.69) is 16.0 Å². The van der Waals surface area contributed by atoms with Crippen LogP contribution in [0.1, 0.15) is 27.0 Å². The first-order valence-electron chi connectivity index (χ1n) is 10.6. The van der Waals surface area contributed by atoms with Crippen molar-refractivity contribution in [2.45, 2.75) is 25.6 Å². The molecule has 33 heavy (non-hydrogen) atoms. The first-order valence-corrected chi connectivity index (χ1v) is 10.6. The molecule has 0 saturated heterocycles. The third-order valence-electron chi connectivity index (χ3n) is 5.01. The van der Waals surface area contributed by atoms with Crippen molar-refractivity contribution in [1.82, 2.24) is 16.0 Å². The Hall–Kier alpha value is -4.13. The fourth-order valence-electron chi connectivity index (χ4n) is 3.20. The SMILES string of the molecule is CNC(=O)c1ccc(CNC(=O)C(Cc2ccccc2)NC(=O)OCc2ccccc2)cc1. The first-order chi connectivity index (χ1) is 16.0. The molecule has 0 spiro atoms. The second-order valence-electron chi connectivity index (χ2n) is 7.44. The zero-order valence-electron chi connectivity index (χ0n) is 18.4. The average Bonchev–Trinajstić information content (AvgIpc) is 2.86. The first kappa shape index (κ1) is 23.5. The fraction of sp³-hybridized carbons (Fsp3) is 0.192. The van der Waals surface area contributed by atoms with Gasteiger partial charge in [-0.3, -0.25) is 9.59 Å². The monoisotopic (exact) mass is 445 g/mol. The van der Waals surface area contributed by atoms with Gasteiger partial charge in [-0.2, -0.15) is 0 Å². The molecule has 0 aliphatic rings. The number of benzene rings is 3. The summed E-state index contributed by atoms with van der Waals surface area (Å²) in [6.45, 7) is 0.378. The Morgan fingerprint density at radius 2 is 1.39 bits per heavy atom. The number of carbonyl (C=O) groups excluding carboxylic acids is 3. The summed E-state index contributed by atoms with van der Waals surface area (Å²) in [5.41, 5.74) is 3.14. The molecule has 0 bridgehead atoms. The van der Waals surface area contributed by atoms with Gasteiger partial charge in [-0.25, -0.2) is 4.79 Å². The molecule has 7 nitrogen and oxygen atoms in total. The Balaban J connectivity index is 1.60. The van der Waals surface area contributed by atoms with Crippen molar-refractivity contribution in [2.24, 2.45) is 0 Å². The topological polar surface area (TPSA) is 96.5 Å². The molecule has 1 unspecified atom stereocenters. The lowest BCUT2D eigenvalue weighted by Gasteiger charge is -2.19. The molecule has 170 valence electrons. The van der Waals surface area contributed by atoms with E-state index in [0.29, 0.717) is 12.0 Å². The summed E-state index contributed by atoms with van der Waals surface area (Å²) in [5, 5.41) is 8.10. The highest BCUT2D eigenvalue weighted by atomic mass is 16.5. The van der Waals surface area contributed by atoms with E-state index in [-0.39, 0.29) is 25.0 Å². The van der Waals surface area contributed by atoms with Crippen molar-refractivity contribution in [3.8, 4) is 0 Å². The van der Waals surface area contributed by atoms with E-state index < -0.39 is 12.1 Å². The lowest BCUT2D eigenvalue weighted by Crippen LogP contribution is -2.48. The van der Waals surface area contributed by atoms with Gasteiger partial charge in [-0.15, -0.1) is 0 Å². The largest absolute Gasteiger partial charge is 0.445 e. The molecule has 0 aromatic heterocycles. The Labute approximate surface area is 193 Å². The maximum atomic E-state index is 12.9. The van der Waals surface area contributed by atoms with Gasteiger partial charge in [-0.1, -0.05) is 72.8 Å². The minimum Gasteiger partial charge on any atom is -0.445 e. The van der Waals surface area contributed by atoms with Crippen LogP contribution in [0.25, 0.3) is 0 Å². The number of amides is 3. The maximum absolute atomic E-state index is 12.9. The number of ether oxygens (including phenoxy) is 1. The standard InChI is InChI=1S/C26H27N3O4/c1-27-24(30)22-14-12-20(13-15-22)17-28-25(31)23(16-19-8-4-2-5-9-19)29-26(32)33-18-21-10-6-3-7-11-21/h2-15,23H,16-18H2,1H3,(H,27,30)(H,28,31)(H,29,32). The molecule has 0 fully saturated rings. The van der Waals surface area contributed by atoms with Gasteiger partial charge in [0.2, 0.25) is 5.91 Å². The number of hydrogen-bond donors (Lipinski definition) is 3. The summed E-state index contributed by atoms with van der Waals surface area (Å²) < 4.78 is 5.29. The quantitative estimate of drug-likeness (QED) is 0.471. The Morgan fingerprint density at radius 3 is 2.00 bits per heavy atom. The van der Waals surface area contributed by atoms with Crippen molar-refractivity contribution in [3.63, 3.8) is 0 Å². The van der Waals surface area contributed by atoms with E-state index in [4.69, 9.17) is 4.74 Å². The van der Waals surface area contributed by atoms with Gasteiger partial charge in [0, 0.05) is 25.6 Å². The third-order valence-corrected chi connectivity index (χ3v) is 5.01. The average molecular weight is 446 g/mol. The molecule has 3 aromatic rings. The number of carbonyl (C=O) groups is 3. The van der Waals surface area contributed by atoms with Crippen LogP contribution in [0.4, 0.5) is 4.79 Å². The molecular formula is C26H27N3O4.